The monoisotopic (exact) mass is 174 g/mol. The van der Waals surface area contributed by atoms with E-state index in [9.17, 15) is 4.21 Å². The largest absolute Gasteiger partial charge is 0.316 e. The van der Waals surface area contributed by atoms with Gasteiger partial charge in [-0.1, -0.05) is 0 Å². The first-order valence-electron chi connectivity index (χ1n) is 3.65. The maximum atomic E-state index is 10.6. The normalized spacial score (nSPS) is 12.4. The summed E-state index contributed by atoms with van der Waals surface area (Å²) in [6.45, 7) is 1.64. The van der Waals surface area contributed by atoms with Crippen molar-refractivity contribution >= 4 is 10.8 Å². The molecule has 3 nitrogen and oxygen atoms in total. The van der Waals surface area contributed by atoms with Gasteiger partial charge in [0.2, 0.25) is 0 Å². The number of hydrogen-bond donors (Lipinski definition) is 1. The topological polar surface area (TPSA) is 52.9 Å². The van der Waals surface area contributed by atoms with Crippen molar-refractivity contribution in [2.75, 3.05) is 25.1 Å². The van der Waals surface area contributed by atoms with Gasteiger partial charge in [0, 0.05) is 35.8 Å². The summed E-state index contributed by atoms with van der Waals surface area (Å²) in [7, 11) is -0.700. The highest BCUT2D eigenvalue weighted by atomic mass is 32.2. The fourth-order valence-electron chi connectivity index (χ4n) is 0.633. The molecule has 64 valence electrons. The summed E-state index contributed by atoms with van der Waals surface area (Å²) in [6.07, 6.45) is 3.17. The van der Waals surface area contributed by atoms with Crippen LogP contribution in [0.3, 0.4) is 0 Å². The number of nitriles is 1. The van der Waals surface area contributed by atoms with Crippen LogP contribution in [-0.4, -0.2) is 29.3 Å². The van der Waals surface area contributed by atoms with E-state index < -0.39 is 10.8 Å². The molecule has 11 heavy (non-hydrogen) atoms. The molecule has 0 aliphatic rings. The summed E-state index contributed by atoms with van der Waals surface area (Å²) in [5.41, 5.74) is 0. The highest BCUT2D eigenvalue weighted by Crippen LogP contribution is 1.82. The Hall–Kier alpha value is -0.400. The maximum Gasteiger partial charge on any atom is 0.0622 e. The van der Waals surface area contributed by atoms with Crippen LogP contribution in [0.25, 0.3) is 0 Å². The SMILES string of the molecule is CS(=O)CCNCCCC#N. The van der Waals surface area contributed by atoms with Gasteiger partial charge in [0.15, 0.2) is 0 Å². The average Bonchev–Trinajstić information content (AvgIpc) is 1.96. The smallest absolute Gasteiger partial charge is 0.0622 e. The highest BCUT2D eigenvalue weighted by Gasteiger charge is 1.90. The van der Waals surface area contributed by atoms with Gasteiger partial charge in [0.05, 0.1) is 6.07 Å². The molecule has 0 fully saturated rings. The number of rotatable bonds is 6. The Balaban J connectivity index is 2.92. The molecule has 0 saturated carbocycles. The van der Waals surface area contributed by atoms with Gasteiger partial charge in [-0.25, -0.2) is 0 Å². The van der Waals surface area contributed by atoms with E-state index in [-0.39, 0.29) is 0 Å². The van der Waals surface area contributed by atoms with Crippen LogP contribution in [0, 0.1) is 11.3 Å². The zero-order valence-corrected chi connectivity index (χ0v) is 7.62. The quantitative estimate of drug-likeness (QED) is 0.588. The summed E-state index contributed by atoms with van der Waals surface area (Å²) in [6, 6.07) is 2.07. The van der Waals surface area contributed by atoms with E-state index >= 15 is 0 Å². The van der Waals surface area contributed by atoms with Gasteiger partial charge in [-0.2, -0.15) is 5.26 Å². The van der Waals surface area contributed by atoms with Gasteiger partial charge < -0.3 is 5.32 Å². The lowest BCUT2D eigenvalue weighted by molar-refractivity contribution is 0.665. The lowest BCUT2D eigenvalue weighted by Crippen LogP contribution is -2.21. The van der Waals surface area contributed by atoms with Crippen LogP contribution in [0.4, 0.5) is 0 Å². The van der Waals surface area contributed by atoms with Crippen molar-refractivity contribution in [3.8, 4) is 6.07 Å². The van der Waals surface area contributed by atoms with Crippen molar-refractivity contribution in [2.24, 2.45) is 0 Å². The molecular weight excluding hydrogens is 160 g/mol. The molecule has 0 aromatic carbocycles. The second kappa shape index (κ2) is 7.70. The van der Waals surface area contributed by atoms with E-state index in [0.29, 0.717) is 12.2 Å². The van der Waals surface area contributed by atoms with Crippen LogP contribution < -0.4 is 5.32 Å². The first kappa shape index (κ1) is 10.6. The molecule has 1 atom stereocenters. The predicted octanol–water partition coefficient (Wildman–Crippen LogP) is 0.258. The fourth-order valence-corrected chi connectivity index (χ4v) is 1.07. The molecular formula is C7H14N2OS. The van der Waals surface area contributed by atoms with E-state index in [1.807, 2.05) is 0 Å². The third kappa shape index (κ3) is 9.60. The average molecular weight is 174 g/mol. The van der Waals surface area contributed by atoms with Crippen molar-refractivity contribution in [2.45, 2.75) is 12.8 Å². The lowest BCUT2D eigenvalue weighted by Gasteiger charge is -1.99. The first-order valence-corrected chi connectivity index (χ1v) is 5.38. The number of hydrogen-bond acceptors (Lipinski definition) is 3. The number of nitrogens with zero attached hydrogens (tertiary/aromatic N) is 1. The molecule has 0 aliphatic heterocycles. The molecule has 0 amide bonds. The van der Waals surface area contributed by atoms with E-state index in [4.69, 9.17) is 5.26 Å². The lowest BCUT2D eigenvalue weighted by atomic mass is 10.3. The summed E-state index contributed by atoms with van der Waals surface area (Å²) in [5, 5.41) is 11.3. The standard InChI is InChI=1S/C7H14N2OS/c1-11(10)7-6-9-5-3-2-4-8/h9H,2-3,5-7H2,1H3. The minimum atomic E-state index is -0.700. The van der Waals surface area contributed by atoms with Crippen molar-refractivity contribution in [1.82, 2.24) is 5.32 Å². The van der Waals surface area contributed by atoms with Gasteiger partial charge >= 0.3 is 0 Å². The van der Waals surface area contributed by atoms with Gasteiger partial charge in [-0.3, -0.25) is 4.21 Å². The molecule has 1 N–H and O–H groups in total. The molecule has 0 aromatic heterocycles. The van der Waals surface area contributed by atoms with Crippen molar-refractivity contribution in [1.29, 1.82) is 5.26 Å². The minimum absolute atomic E-state index is 0.599. The molecule has 0 aliphatic carbocycles. The minimum Gasteiger partial charge on any atom is -0.316 e. The van der Waals surface area contributed by atoms with Crippen LogP contribution in [0.1, 0.15) is 12.8 Å². The number of nitrogens with one attached hydrogen (secondary N) is 1. The summed E-state index contributed by atoms with van der Waals surface area (Å²) < 4.78 is 10.6. The van der Waals surface area contributed by atoms with Crippen LogP contribution in [0.2, 0.25) is 0 Å². The highest BCUT2D eigenvalue weighted by molar-refractivity contribution is 7.84. The van der Waals surface area contributed by atoms with Gasteiger partial charge in [-0.15, -0.1) is 0 Å². The molecule has 0 spiro atoms. The van der Waals surface area contributed by atoms with Crippen molar-refractivity contribution < 1.29 is 4.21 Å². The van der Waals surface area contributed by atoms with E-state index in [2.05, 4.69) is 11.4 Å². The Labute approximate surface area is 70.2 Å². The zero-order chi connectivity index (χ0) is 8.53. The van der Waals surface area contributed by atoms with Crippen molar-refractivity contribution in [3.05, 3.63) is 0 Å². The molecule has 1 unspecified atom stereocenters. The second-order valence-electron chi connectivity index (χ2n) is 2.29. The zero-order valence-electron chi connectivity index (χ0n) is 6.80. The van der Waals surface area contributed by atoms with Gasteiger partial charge in [0.1, 0.15) is 0 Å². The Morgan fingerprint density at radius 1 is 1.55 bits per heavy atom. The van der Waals surface area contributed by atoms with Gasteiger partial charge in [0.25, 0.3) is 0 Å². The molecule has 0 bridgehead atoms. The Bertz CT molecular complexity index is 153. The van der Waals surface area contributed by atoms with Crippen LogP contribution in [0.15, 0.2) is 0 Å². The summed E-state index contributed by atoms with van der Waals surface area (Å²) >= 11 is 0. The van der Waals surface area contributed by atoms with E-state index in [1.165, 1.54) is 0 Å². The second-order valence-corrected chi connectivity index (χ2v) is 3.84. The molecule has 4 heteroatoms. The third-order valence-corrected chi connectivity index (χ3v) is 1.99. The number of unbranched alkanes of at least 4 members (excludes halogenated alkanes) is 1. The van der Waals surface area contributed by atoms with E-state index in [0.717, 1.165) is 19.5 Å². The fraction of sp³-hybridized carbons (Fsp3) is 0.857. The van der Waals surface area contributed by atoms with Crippen LogP contribution in [-0.2, 0) is 10.8 Å². The van der Waals surface area contributed by atoms with Crippen LogP contribution >= 0.6 is 0 Å². The Morgan fingerprint density at radius 3 is 2.82 bits per heavy atom. The predicted molar refractivity (Wildman–Crippen MR) is 46.7 cm³/mol. The molecule has 0 rings (SSSR count). The summed E-state index contributed by atoms with van der Waals surface area (Å²) in [5.74, 6) is 0.701. The van der Waals surface area contributed by atoms with E-state index in [1.54, 1.807) is 6.26 Å². The van der Waals surface area contributed by atoms with Crippen LogP contribution in [0.5, 0.6) is 0 Å². The first-order chi connectivity index (χ1) is 5.27. The molecule has 0 saturated heterocycles. The Morgan fingerprint density at radius 2 is 2.27 bits per heavy atom. The third-order valence-electron chi connectivity index (χ3n) is 1.21. The maximum absolute atomic E-state index is 10.6. The molecule has 0 heterocycles. The Kier molecular flexibility index (Phi) is 7.42. The molecule has 0 aromatic rings. The van der Waals surface area contributed by atoms with Crippen molar-refractivity contribution in [3.63, 3.8) is 0 Å². The summed E-state index contributed by atoms with van der Waals surface area (Å²) in [4.78, 5) is 0. The molecule has 0 radical (unpaired) electrons. The van der Waals surface area contributed by atoms with Gasteiger partial charge in [-0.05, 0) is 13.0 Å².